The first kappa shape index (κ1) is 15.3. The molecule has 1 aliphatic rings. The second kappa shape index (κ2) is 5.86. The van der Waals surface area contributed by atoms with Gasteiger partial charge >= 0.3 is 12.0 Å². The molecule has 0 saturated carbocycles. The largest absolute Gasteiger partial charge is 0.478 e. The second-order valence-corrected chi connectivity index (χ2v) is 6.05. The topological polar surface area (TPSA) is 99.8 Å². The third kappa shape index (κ3) is 2.96. The average molecular weight is 317 g/mol. The summed E-state index contributed by atoms with van der Waals surface area (Å²) in [7, 11) is 0. The van der Waals surface area contributed by atoms with Gasteiger partial charge in [-0.15, -0.1) is 10.2 Å². The lowest BCUT2D eigenvalue weighted by molar-refractivity contribution is 0.0696. The summed E-state index contributed by atoms with van der Waals surface area (Å²) in [5.74, 6) is -0.245. The SMILES string of the molecule is CC(C)NC(=O)N1CCC(c2nnc3ccc(C(=O)O)cn23)C1. The number of carboxylic acid groups (broad SMARTS) is 1. The minimum Gasteiger partial charge on any atom is -0.478 e. The average Bonchev–Trinajstić information content (AvgIpc) is 3.12. The molecule has 1 saturated heterocycles. The number of carbonyl (C=O) groups is 2. The second-order valence-electron chi connectivity index (χ2n) is 6.05. The lowest BCUT2D eigenvalue weighted by atomic mass is 10.1. The van der Waals surface area contributed by atoms with Crippen LogP contribution in [0.25, 0.3) is 5.65 Å². The summed E-state index contributed by atoms with van der Waals surface area (Å²) >= 11 is 0. The molecule has 1 atom stereocenters. The van der Waals surface area contributed by atoms with Crippen LogP contribution in [0.3, 0.4) is 0 Å². The number of pyridine rings is 1. The number of carboxylic acids is 1. The van der Waals surface area contributed by atoms with Crippen LogP contribution in [0.5, 0.6) is 0 Å². The molecule has 3 heterocycles. The van der Waals surface area contributed by atoms with Crippen molar-refractivity contribution in [3.8, 4) is 0 Å². The number of aromatic carboxylic acids is 1. The van der Waals surface area contributed by atoms with Gasteiger partial charge in [-0.05, 0) is 32.4 Å². The van der Waals surface area contributed by atoms with E-state index in [0.717, 1.165) is 6.42 Å². The Bertz CT molecular complexity index is 755. The molecule has 23 heavy (non-hydrogen) atoms. The highest BCUT2D eigenvalue weighted by molar-refractivity contribution is 5.87. The quantitative estimate of drug-likeness (QED) is 0.889. The maximum atomic E-state index is 12.1. The van der Waals surface area contributed by atoms with E-state index in [9.17, 15) is 9.59 Å². The Hall–Kier alpha value is -2.64. The predicted octanol–water partition coefficient (Wildman–Crippen LogP) is 1.33. The van der Waals surface area contributed by atoms with E-state index in [1.165, 1.54) is 12.3 Å². The van der Waals surface area contributed by atoms with Crippen molar-refractivity contribution < 1.29 is 14.7 Å². The fraction of sp³-hybridized carbons (Fsp3) is 0.467. The first-order valence-corrected chi connectivity index (χ1v) is 7.59. The summed E-state index contributed by atoms with van der Waals surface area (Å²) in [6, 6.07) is 3.15. The highest BCUT2D eigenvalue weighted by Gasteiger charge is 2.30. The van der Waals surface area contributed by atoms with Gasteiger partial charge in [0.25, 0.3) is 0 Å². The standard InChI is InChI=1S/C15H19N5O3/c1-9(2)16-15(23)19-6-5-10(7-19)13-18-17-12-4-3-11(14(21)22)8-20(12)13/h3-4,8-10H,5-7H2,1-2H3,(H,16,23)(H,21,22). The zero-order chi connectivity index (χ0) is 16.6. The fourth-order valence-electron chi connectivity index (χ4n) is 2.81. The zero-order valence-corrected chi connectivity index (χ0v) is 13.1. The van der Waals surface area contributed by atoms with Crippen molar-refractivity contribution in [3.63, 3.8) is 0 Å². The summed E-state index contributed by atoms with van der Waals surface area (Å²) in [6.07, 6.45) is 2.31. The molecule has 2 aromatic heterocycles. The molecule has 2 aromatic rings. The van der Waals surface area contributed by atoms with E-state index < -0.39 is 5.97 Å². The smallest absolute Gasteiger partial charge is 0.337 e. The first-order valence-electron chi connectivity index (χ1n) is 7.59. The van der Waals surface area contributed by atoms with Crippen LogP contribution in [0.15, 0.2) is 18.3 Å². The van der Waals surface area contributed by atoms with Crippen molar-refractivity contribution in [3.05, 3.63) is 29.7 Å². The molecule has 3 rings (SSSR count). The minimum atomic E-state index is -0.990. The molecule has 8 nitrogen and oxygen atoms in total. The molecule has 0 radical (unpaired) electrons. The van der Waals surface area contributed by atoms with Crippen LogP contribution in [-0.2, 0) is 0 Å². The monoisotopic (exact) mass is 317 g/mol. The van der Waals surface area contributed by atoms with E-state index in [1.54, 1.807) is 15.4 Å². The third-order valence-electron chi connectivity index (χ3n) is 3.93. The van der Waals surface area contributed by atoms with Gasteiger partial charge in [-0.3, -0.25) is 4.40 Å². The van der Waals surface area contributed by atoms with Gasteiger partial charge in [-0.1, -0.05) is 0 Å². The van der Waals surface area contributed by atoms with E-state index in [2.05, 4.69) is 15.5 Å². The molecule has 0 spiro atoms. The van der Waals surface area contributed by atoms with Crippen molar-refractivity contribution in [2.75, 3.05) is 13.1 Å². The Kier molecular flexibility index (Phi) is 3.89. The van der Waals surface area contributed by atoms with Crippen LogP contribution < -0.4 is 5.32 Å². The number of carbonyl (C=O) groups excluding carboxylic acids is 1. The summed E-state index contributed by atoms with van der Waals surface area (Å²) in [5, 5.41) is 20.3. The molecule has 0 aromatic carbocycles. The van der Waals surface area contributed by atoms with Gasteiger partial charge in [0.1, 0.15) is 5.82 Å². The minimum absolute atomic E-state index is 0.0481. The van der Waals surface area contributed by atoms with Crippen LogP contribution in [0.1, 0.15) is 42.4 Å². The summed E-state index contributed by atoms with van der Waals surface area (Å²) < 4.78 is 1.71. The van der Waals surface area contributed by atoms with E-state index >= 15 is 0 Å². The van der Waals surface area contributed by atoms with Gasteiger partial charge < -0.3 is 15.3 Å². The number of fused-ring (bicyclic) bond motifs is 1. The van der Waals surface area contributed by atoms with Crippen LogP contribution in [0.4, 0.5) is 4.79 Å². The predicted molar refractivity (Wildman–Crippen MR) is 82.5 cm³/mol. The fourth-order valence-corrected chi connectivity index (χ4v) is 2.81. The van der Waals surface area contributed by atoms with Crippen molar-refractivity contribution in [1.82, 2.24) is 24.8 Å². The lowest BCUT2D eigenvalue weighted by Crippen LogP contribution is -2.41. The molecule has 8 heteroatoms. The number of amides is 2. The van der Waals surface area contributed by atoms with Crippen molar-refractivity contribution in [1.29, 1.82) is 0 Å². The molecule has 122 valence electrons. The van der Waals surface area contributed by atoms with E-state index in [4.69, 9.17) is 5.11 Å². The molecule has 1 aliphatic heterocycles. The third-order valence-corrected chi connectivity index (χ3v) is 3.93. The van der Waals surface area contributed by atoms with Crippen LogP contribution >= 0.6 is 0 Å². The van der Waals surface area contributed by atoms with Crippen molar-refractivity contribution in [2.45, 2.75) is 32.2 Å². The summed E-state index contributed by atoms with van der Waals surface area (Å²) in [5.41, 5.74) is 0.793. The Labute approximate surface area is 133 Å². The normalized spacial score (nSPS) is 17.9. The van der Waals surface area contributed by atoms with Crippen molar-refractivity contribution >= 4 is 17.6 Å². The maximum Gasteiger partial charge on any atom is 0.337 e. The van der Waals surface area contributed by atoms with Gasteiger partial charge in [0, 0.05) is 31.2 Å². The number of nitrogens with one attached hydrogen (secondary N) is 1. The number of aromatic nitrogens is 3. The number of likely N-dealkylation sites (tertiary alicyclic amines) is 1. The van der Waals surface area contributed by atoms with E-state index in [-0.39, 0.29) is 23.6 Å². The van der Waals surface area contributed by atoms with Crippen LogP contribution in [-0.4, -0.2) is 55.7 Å². The Morgan fingerprint density at radius 3 is 2.83 bits per heavy atom. The number of urea groups is 1. The number of rotatable bonds is 3. The highest BCUT2D eigenvalue weighted by atomic mass is 16.4. The summed E-state index contributed by atoms with van der Waals surface area (Å²) in [4.78, 5) is 25.0. The Morgan fingerprint density at radius 2 is 2.13 bits per heavy atom. The van der Waals surface area contributed by atoms with Gasteiger partial charge in [-0.25, -0.2) is 9.59 Å². The molecule has 0 aliphatic carbocycles. The lowest BCUT2D eigenvalue weighted by Gasteiger charge is -2.18. The van der Waals surface area contributed by atoms with E-state index in [1.807, 2.05) is 13.8 Å². The van der Waals surface area contributed by atoms with Crippen molar-refractivity contribution in [2.24, 2.45) is 0 Å². The molecule has 2 N–H and O–H groups in total. The molecular weight excluding hydrogens is 298 g/mol. The van der Waals surface area contributed by atoms with Gasteiger partial charge in [0.05, 0.1) is 5.56 Å². The molecule has 2 amide bonds. The first-order chi connectivity index (χ1) is 11.0. The Balaban J connectivity index is 1.83. The maximum absolute atomic E-state index is 12.1. The van der Waals surface area contributed by atoms with Crippen LogP contribution in [0, 0.1) is 0 Å². The highest BCUT2D eigenvalue weighted by Crippen LogP contribution is 2.26. The van der Waals surface area contributed by atoms with Gasteiger partial charge in [0.15, 0.2) is 5.65 Å². The molecule has 1 unspecified atom stereocenters. The Morgan fingerprint density at radius 1 is 1.35 bits per heavy atom. The van der Waals surface area contributed by atoms with Gasteiger partial charge in [-0.2, -0.15) is 0 Å². The van der Waals surface area contributed by atoms with Gasteiger partial charge in [0.2, 0.25) is 0 Å². The van der Waals surface area contributed by atoms with E-state index in [0.29, 0.717) is 24.6 Å². The summed E-state index contributed by atoms with van der Waals surface area (Å²) in [6.45, 7) is 5.04. The zero-order valence-electron chi connectivity index (χ0n) is 13.1. The molecular formula is C15H19N5O3. The number of hydrogen-bond donors (Lipinski definition) is 2. The molecule has 0 bridgehead atoms. The number of nitrogens with zero attached hydrogens (tertiary/aromatic N) is 4. The van der Waals surface area contributed by atoms with Crippen LogP contribution in [0.2, 0.25) is 0 Å². The number of hydrogen-bond acceptors (Lipinski definition) is 4. The molecule has 1 fully saturated rings.